The molecule has 0 bridgehead atoms. The first-order valence-corrected chi connectivity index (χ1v) is 10.2. The van der Waals surface area contributed by atoms with E-state index in [1.165, 1.54) is 5.52 Å². The van der Waals surface area contributed by atoms with Gasteiger partial charge in [-0.05, 0) is 51.0 Å². The number of fused-ring (bicyclic) bond motifs is 1. The number of amides is 3. The van der Waals surface area contributed by atoms with Crippen LogP contribution in [0.15, 0.2) is 30.5 Å². The van der Waals surface area contributed by atoms with Crippen LogP contribution in [0.1, 0.15) is 34.6 Å². The van der Waals surface area contributed by atoms with Crippen LogP contribution in [0.4, 0.5) is 15.3 Å². The minimum atomic E-state index is -0.516. The molecule has 158 valence electrons. The molecule has 1 aromatic carbocycles. The molecule has 0 unspecified atom stereocenters. The molecule has 7 nitrogen and oxygen atoms in total. The van der Waals surface area contributed by atoms with Crippen molar-refractivity contribution in [1.82, 2.24) is 14.4 Å². The van der Waals surface area contributed by atoms with E-state index in [1.54, 1.807) is 9.80 Å². The Morgan fingerprint density at radius 1 is 1.07 bits per heavy atom. The van der Waals surface area contributed by atoms with Crippen molar-refractivity contribution < 1.29 is 14.3 Å². The number of hydrogen-bond acceptors (Lipinski definition) is 3. The maximum atomic E-state index is 12.6. The molecular weight excluding hydrogens is 368 g/mol. The Bertz CT molecular complexity index is 874. The SMILES string of the molecule is CC(C)Cn1ccc2cc(NC(=O)N3CCN(C(=O)OC(C)(C)C)CC3)ccc21. The maximum Gasteiger partial charge on any atom is 0.410 e. The summed E-state index contributed by atoms with van der Waals surface area (Å²) in [6.07, 6.45) is 1.76. The molecule has 1 saturated heterocycles. The van der Waals surface area contributed by atoms with Crippen molar-refractivity contribution in [2.45, 2.75) is 46.8 Å². The topological polar surface area (TPSA) is 66.8 Å². The van der Waals surface area contributed by atoms with Crippen LogP contribution in [0.2, 0.25) is 0 Å². The summed E-state index contributed by atoms with van der Waals surface area (Å²) in [5.41, 5.74) is 1.43. The number of ether oxygens (including phenoxy) is 1. The van der Waals surface area contributed by atoms with Crippen LogP contribution in [-0.2, 0) is 11.3 Å². The van der Waals surface area contributed by atoms with Crippen LogP contribution in [0.3, 0.4) is 0 Å². The van der Waals surface area contributed by atoms with E-state index >= 15 is 0 Å². The molecule has 0 radical (unpaired) electrons. The maximum absolute atomic E-state index is 12.6. The first kappa shape index (κ1) is 21.0. The summed E-state index contributed by atoms with van der Waals surface area (Å²) < 4.78 is 7.64. The summed E-state index contributed by atoms with van der Waals surface area (Å²) in [5, 5.41) is 4.09. The summed E-state index contributed by atoms with van der Waals surface area (Å²) in [6, 6.07) is 7.92. The highest BCUT2D eigenvalue weighted by molar-refractivity contribution is 5.93. The summed E-state index contributed by atoms with van der Waals surface area (Å²) >= 11 is 0. The van der Waals surface area contributed by atoms with Crippen LogP contribution in [0.25, 0.3) is 10.9 Å². The van der Waals surface area contributed by atoms with Gasteiger partial charge in [0, 0.05) is 55.5 Å². The van der Waals surface area contributed by atoms with Crippen molar-refractivity contribution in [3.8, 4) is 0 Å². The van der Waals surface area contributed by atoms with E-state index in [4.69, 9.17) is 4.74 Å². The summed E-state index contributed by atoms with van der Waals surface area (Å²) in [4.78, 5) is 28.2. The molecule has 29 heavy (non-hydrogen) atoms. The minimum Gasteiger partial charge on any atom is -0.444 e. The Morgan fingerprint density at radius 2 is 1.72 bits per heavy atom. The van der Waals surface area contributed by atoms with Crippen molar-refractivity contribution in [3.63, 3.8) is 0 Å². The third-order valence-corrected chi connectivity index (χ3v) is 4.80. The molecule has 0 atom stereocenters. The van der Waals surface area contributed by atoms with Crippen LogP contribution in [0, 0.1) is 5.92 Å². The number of nitrogens with one attached hydrogen (secondary N) is 1. The molecule has 1 aliphatic rings. The van der Waals surface area contributed by atoms with E-state index in [9.17, 15) is 9.59 Å². The predicted molar refractivity (Wildman–Crippen MR) is 115 cm³/mol. The third kappa shape index (κ3) is 5.43. The average Bonchev–Trinajstić information content (AvgIpc) is 3.02. The van der Waals surface area contributed by atoms with E-state index in [0.717, 1.165) is 17.6 Å². The van der Waals surface area contributed by atoms with Crippen LogP contribution < -0.4 is 5.32 Å². The lowest BCUT2D eigenvalue weighted by Crippen LogP contribution is -2.52. The zero-order chi connectivity index (χ0) is 21.2. The molecule has 7 heteroatoms. The molecule has 0 saturated carbocycles. The van der Waals surface area contributed by atoms with Crippen LogP contribution in [0.5, 0.6) is 0 Å². The standard InChI is InChI=1S/C22H32N4O3/c1-16(2)15-26-9-8-17-14-18(6-7-19(17)26)23-20(27)24-10-12-25(13-11-24)21(28)29-22(3,4)5/h6-9,14,16H,10-13,15H2,1-5H3,(H,23,27). The number of anilines is 1. The van der Waals surface area contributed by atoms with Gasteiger partial charge in [0.25, 0.3) is 0 Å². The highest BCUT2D eigenvalue weighted by Crippen LogP contribution is 2.22. The molecule has 2 aromatic rings. The van der Waals surface area contributed by atoms with E-state index in [2.05, 4.69) is 36.0 Å². The fourth-order valence-electron chi connectivity index (χ4n) is 3.45. The monoisotopic (exact) mass is 400 g/mol. The first-order chi connectivity index (χ1) is 13.6. The van der Waals surface area contributed by atoms with Gasteiger partial charge in [0.1, 0.15) is 5.60 Å². The molecule has 0 aliphatic carbocycles. The largest absolute Gasteiger partial charge is 0.444 e. The summed E-state index contributed by atoms with van der Waals surface area (Å²) in [5.74, 6) is 0.573. The molecule has 3 rings (SSSR count). The Labute approximate surface area is 172 Å². The minimum absolute atomic E-state index is 0.144. The van der Waals surface area contributed by atoms with Gasteiger partial charge in [0.2, 0.25) is 0 Å². The number of nitrogens with zero attached hydrogens (tertiary/aromatic N) is 3. The number of benzene rings is 1. The number of urea groups is 1. The lowest BCUT2D eigenvalue weighted by atomic mass is 10.2. The number of piperazine rings is 1. The molecule has 0 spiro atoms. The second kappa shape index (κ2) is 8.35. The van der Waals surface area contributed by atoms with Gasteiger partial charge in [-0.2, -0.15) is 0 Å². The van der Waals surface area contributed by atoms with Gasteiger partial charge in [-0.1, -0.05) is 13.8 Å². The molecule has 3 amide bonds. The molecular formula is C22H32N4O3. The Morgan fingerprint density at radius 3 is 2.34 bits per heavy atom. The molecule has 2 heterocycles. The zero-order valence-corrected chi connectivity index (χ0v) is 18.1. The number of carbonyl (C=O) groups excluding carboxylic acids is 2. The Hall–Kier alpha value is -2.70. The zero-order valence-electron chi connectivity index (χ0n) is 18.1. The quantitative estimate of drug-likeness (QED) is 0.831. The average molecular weight is 401 g/mol. The van der Waals surface area contributed by atoms with E-state index in [0.29, 0.717) is 32.1 Å². The fraction of sp³-hybridized carbons (Fsp3) is 0.545. The van der Waals surface area contributed by atoms with Crippen molar-refractivity contribution in [1.29, 1.82) is 0 Å². The van der Waals surface area contributed by atoms with Gasteiger partial charge < -0.3 is 24.4 Å². The second-order valence-electron chi connectivity index (χ2n) is 9.02. The lowest BCUT2D eigenvalue weighted by molar-refractivity contribution is 0.0174. The normalized spacial score (nSPS) is 15.1. The van der Waals surface area contributed by atoms with Gasteiger partial charge in [-0.15, -0.1) is 0 Å². The van der Waals surface area contributed by atoms with Crippen molar-refractivity contribution in [3.05, 3.63) is 30.5 Å². The number of carbonyl (C=O) groups is 2. The van der Waals surface area contributed by atoms with Gasteiger partial charge in [-0.3, -0.25) is 0 Å². The number of hydrogen-bond donors (Lipinski definition) is 1. The van der Waals surface area contributed by atoms with E-state index < -0.39 is 5.60 Å². The molecule has 1 aliphatic heterocycles. The summed E-state index contributed by atoms with van der Waals surface area (Å²) in [6.45, 7) is 12.8. The predicted octanol–water partition coefficient (Wildman–Crippen LogP) is 4.38. The van der Waals surface area contributed by atoms with E-state index in [1.807, 2.05) is 39.0 Å². The molecule has 1 aromatic heterocycles. The summed E-state index contributed by atoms with van der Waals surface area (Å²) in [7, 11) is 0. The first-order valence-electron chi connectivity index (χ1n) is 10.2. The lowest BCUT2D eigenvalue weighted by Gasteiger charge is -2.35. The van der Waals surface area contributed by atoms with Crippen molar-refractivity contribution >= 4 is 28.7 Å². The van der Waals surface area contributed by atoms with Crippen LogP contribution >= 0.6 is 0 Å². The van der Waals surface area contributed by atoms with Crippen molar-refractivity contribution in [2.24, 2.45) is 5.92 Å². The highest BCUT2D eigenvalue weighted by Gasteiger charge is 2.27. The number of rotatable bonds is 3. The van der Waals surface area contributed by atoms with E-state index in [-0.39, 0.29) is 12.1 Å². The smallest absolute Gasteiger partial charge is 0.410 e. The number of aromatic nitrogens is 1. The van der Waals surface area contributed by atoms with Gasteiger partial charge in [0.05, 0.1) is 0 Å². The van der Waals surface area contributed by atoms with Crippen molar-refractivity contribution in [2.75, 3.05) is 31.5 Å². The Balaban J connectivity index is 1.56. The van der Waals surface area contributed by atoms with Gasteiger partial charge in [0.15, 0.2) is 0 Å². The second-order valence-corrected chi connectivity index (χ2v) is 9.02. The molecule has 1 N–H and O–H groups in total. The molecule has 1 fully saturated rings. The van der Waals surface area contributed by atoms with Crippen LogP contribution in [-0.4, -0.2) is 58.3 Å². The van der Waals surface area contributed by atoms with Gasteiger partial charge in [-0.25, -0.2) is 9.59 Å². The highest BCUT2D eigenvalue weighted by atomic mass is 16.6. The Kier molecular flexibility index (Phi) is 6.05. The van der Waals surface area contributed by atoms with Gasteiger partial charge >= 0.3 is 12.1 Å². The fourth-order valence-corrected chi connectivity index (χ4v) is 3.45. The third-order valence-electron chi connectivity index (χ3n) is 4.80.